The van der Waals surface area contributed by atoms with Gasteiger partial charge in [-0.05, 0) is 54.6 Å². The molecule has 1 aliphatic rings. The van der Waals surface area contributed by atoms with Crippen molar-refractivity contribution in [3.63, 3.8) is 0 Å². The van der Waals surface area contributed by atoms with Crippen molar-refractivity contribution in [3.8, 4) is 5.75 Å². The number of carbonyl (C=O) groups excluding carboxylic acids is 2. The highest BCUT2D eigenvalue weighted by molar-refractivity contribution is 7.93. The van der Waals surface area contributed by atoms with Gasteiger partial charge in [0, 0.05) is 18.8 Å². The first-order chi connectivity index (χ1) is 16.9. The van der Waals surface area contributed by atoms with Crippen LogP contribution in [0.4, 0.5) is 17.1 Å². The summed E-state index contributed by atoms with van der Waals surface area (Å²) in [5, 5.41) is 7.01. The number of methoxy groups -OCH3 is 1. The van der Waals surface area contributed by atoms with Crippen molar-refractivity contribution < 1.29 is 22.7 Å². The van der Waals surface area contributed by atoms with Crippen molar-refractivity contribution in [2.75, 3.05) is 41.7 Å². The fourth-order valence-electron chi connectivity index (χ4n) is 3.82. The second-order valence-electron chi connectivity index (χ2n) is 7.89. The zero-order valence-corrected chi connectivity index (χ0v) is 20.7. The molecule has 2 aromatic carbocycles. The second-order valence-corrected chi connectivity index (χ2v) is 10.5. The summed E-state index contributed by atoms with van der Waals surface area (Å²) in [5.74, 6) is -0.418. The molecule has 184 valence electrons. The van der Waals surface area contributed by atoms with E-state index < -0.39 is 15.9 Å². The van der Waals surface area contributed by atoms with Crippen molar-refractivity contribution in [1.29, 1.82) is 0 Å². The molecule has 0 unspecified atom stereocenters. The maximum Gasteiger partial charge on any atom is 0.264 e. The molecule has 2 heterocycles. The molecule has 11 heteroatoms. The van der Waals surface area contributed by atoms with Gasteiger partial charge in [0.15, 0.2) is 0 Å². The lowest BCUT2D eigenvalue weighted by atomic mass is 10.2. The highest BCUT2D eigenvalue weighted by Gasteiger charge is 2.26. The van der Waals surface area contributed by atoms with Crippen molar-refractivity contribution in [2.24, 2.45) is 0 Å². The van der Waals surface area contributed by atoms with E-state index in [9.17, 15) is 18.0 Å². The molecule has 4 rings (SSSR count). The van der Waals surface area contributed by atoms with Crippen LogP contribution in [0.5, 0.6) is 5.75 Å². The highest BCUT2D eigenvalue weighted by Crippen LogP contribution is 2.34. The fraction of sp³-hybridized carbons (Fsp3) is 0.250. The van der Waals surface area contributed by atoms with Gasteiger partial charge in [0.1, 0.15) is 10.6 Å². The van der Waals surface area contributed by atoms with Crippen LogP contribution in [0.15, 0.2) is 64.9 Å². The minimum absolute atomic E-state index is 0.0470. The fourth-order valence-corrected chi connectivity index (χ4v) is 5.78. The Morgan fingerprint density at radius 3 is 2.54 bits per heavy atom. The van der Waals surface area contributed by atoms with Crippen LogP contribution in [-0.4, -0.2) is 47.0 Å². The summed E-state index contributed by atoms with van der Waals surface area (Å²) < 4.78 is 34.8. The van der Waals surface area contributed by atoms with Crippen LogP contribution in [0, 0.1) is 0 Å². The first-order valence-electron chi connectivity index (χ1n) is 11.0. The lowest BCUT2D eigenvalue weighted by molar-refractivity contribution is -0.115. The summed E-state index contributed by atoms with van der Waals surface area (Å²) in [5.41, 5.74) is 1.19. The van der Waals surface area contributed by atoms with Gasteiger partial charge in [0.05, 0.1) is 29.9 Å². The number of anilines is 3. The molecule has 35 heavy (non-hydrogen) atoms. The molecule has 1 fully saturated rings. The van der Waals surface area contributed by atoms with Crippen molar-refractivity contribution in [1.82, 2.24) is 5.32 Å². The summed E-state index contributed by atoms with van der Waals surface area (Å²) in [6, 6.07) is 15.0. The van der Waals surface area contributed by atoms with E-state index in [1.165, 1.54) is 24.5 Å². The average Bonchev–Trinajstić information content (AvgIpc) is 3.57. The molecular formula is C24H26N4O5S2. The van der Waals surface area contributed by atoms with E-state index in [4.69, 9.17) is 4.74 Å². The minimum Gasteiger partial charge on any atom is -0.495 e. The number of para-hydroxylation sites is 2. The van der Waals surface area contributed by atoms with Crippen LogP contribution in [0.3, 0.4) is 0 Å². The molecule has 2 amide bonds. The third-order valence-corrected chi connectivity index (χ3v) is 7.75. The average molecular weight is 515 g/mol. The van der Waals surface area contributed by atoms with Gasteiger partial charge in [-0.15, -0.1) is 11.3 Å². The Kier molecular flexibility index (Phi) is 7.57. The topological polar surface area (TPSA) is 117 Å². The van der Waals surface area contributed by atoms with E-state index in [-0.39, 0.29) is 17.3 Å². The number of hydrogen-bond donors (Lipinski definition) is 3. The summed E-state index contributed by atoms with van der Waals surface area (Å²) in [4.78, 5) is 27.1. The third kappa shape index (κ3) is 5.92. The standard InChI is InChI=1S/C24H26N4O5S2/c1-33-20-8-3-2-7-18(20)27-35(31,32)22-15-17(10-11-19(22)28-12-4-5-13-28)26-23(29)16-25-24(30)21-9-6-14-34-21/h2-3,6-11,14-15,27H,4-5,12-13,16H2,1H3,(H,25,30)(H,26,29). The van der Waals surface area contributed by atoms with Gasteiger partial charge in [-0.2, -0.15) is 0 Å². The Morgan fingerprint density at radius 1 is 1.06 bits per heavy atom. The van der Waals surface area contributed by atoms with Crippen molar-refractivity contribution in [3.05, 3.63) is 64.9 Å². The molecule has 9 nitrogen and oxygen atoms in total. The highest BCUT2D eigenvalue weighted by atomic mass is 32.2. The largest absolute Gasteiger partial charge is 0.495 e. The quantitative estimate of drug-likeness (QED) is 0.402. The van der Waals surface area contributed by atoms with Crippen molar-refractivity contribution >= 4 is 50.2 Å². The first kappa shape index (κ1) is 24.6. The van der Waals surface area contributed by atoms with Crippen molar-refractivity contribution in [2.45, 2.75) is 17.7 Å². The number of hydrogen-bond acceptors (Lipinski definition) is 7. The maximum absolute atomic E-state index is 13.5. The number of carbonyl (C=O) groups is 2. The number of amides is 2. The second kappa shape index (κ2) is 10.8. The summed E-state index contributed by atoms with van der Waals surface area (Å²) in [6.45, 7) is 1.25. The lowest BCUT2D eigenvalue weighted by Gasteiger charge is -2.23. The van der Waals surface area contributed by atoms with E-state index in [1.54, 1.807) is 53.9 Å². The number of nitrogens with one attached hydrogen (secondary N) is 3. The molecule has 0 radical (unpaired) electrons. The SMILES string of the molecule is COc1ccccc1NS(=O)(=O)c1cc(NC(=O)CNC(=O)c2cccs2)ccc1N1CCCC1. The van der Waals surface area contributed by atoms with Crippen LogP contribution in [0.1, 0.15) is 22.5 Å². The Morgan fingerprint density at radius 2 is 1.83 bits per heavy atom. The predicted octanol–water partition coefficient (Wildman–Crippen LogP) is 3.53. The molecule has 1 aromatic heterocycles. The van der Waals surface area contributed by atoms with Crippen LogP contribution < -0.4 is 25.0 Å². The maximum atomic E-state index is 13.5. The van der Waals surface area contributed by atoms with Gasteiger partial charge in [-0.1, -0.05) is 18.2 Å². The van der Waals surface area contributed by atoms with Crippen LogP contribution in [0.2, 0.25) is 0 Å². The molecule has 0 atom stereocenters. The number of nitrogens with zero attached hydrogens (tertiary/aromatic N) is 1. The van der Waals surface area contributed by atoms with Crippen LogP contribution >= 0.6 is 11.3 Å². The summed E-state index contributed by atoms with van der Waals surface area (Å²) in [7, 11) is -2.55. The Hall–Kier alpha value is -3.57. The lowest BCUT2D eigenvalue weighted by Crippen LogP contribution is -2.32. The number of thiophene rings is 1. The van der Waals surface area contributed by atoms with E-state index in [2.05, 4.69) is 15.4 Å². The van der Waals surface area contributed by atoms with Crippen LogP contribution in [-0.2, 0) is 14.8 Å². The van der Waals surface area contributed by atoms with E-state index in [0.717, 1.165) is 25.9 Å². The number of ether oxygens (including phenoxy) is 1. The van der Waals surface area contributed by atoms with E-state index in [1.807, 2.05) is 4.90 Å². The molecule has 3 aromatic rings. The Bertz CT molecular complexity index is 1300. The van der Waals surface area contributed by atoms with Gasteiger partial charge in [-0.25, -0.2) is 8.42 Å². The predicted molar refractivity (Wildman–Crippen MR) is 137 cm³/mol. The monoisotopic (exact) mass is 514 g/mol. The number of sulfonamides is 1. The third-order valence-electron chi connectivity index (χ3n) is 5.49. The zero-order valence-electron chi connectivity index (χ0n) is 19.1. The zero-order chi connectivity index (χ0) is 24.8. The molecule has 0 bridgehead atoms. The molecule has 0 spiro atoms. The minimum atomic E-state index is -4.02. The molecule has 0 saturated carbocycles. The number of benzene rings is 2. The Labute approximate surface area is 208 Å². The van der Waals surface area contributed by atoms with E-state index in [0.29, 0.717) is 27.7 Å². The van der Waals surface area contributed by atoms with Gasteiger partial charge < -0.3 is 20.3 Å². The Balaban J connectivity index is 1.56. The van der Waals surface area contributed by atoms with E-state index >= 15 is 0 Å². The van der Waals surface area contributed by atoms with Gasteiger partial charge in [0.25, 0.3) is 15.9 Å². The summed E-state index contributed by atoms with van der Waals surface area (Å²) >= 11 is 1.28. The van der Waals surface area contributed by atoms with Gasteiger partial charge in [-0.3, -0.25) is 14.3 Å². The van der Waals surface area contributed by atoms with Crippen LogP contribution in [0.25, 0.3) is 0 Å². The summed E-state index contributed by atoms with van der Waals surface area (Å²) in [6.07, 6.45) is 1.95. The normalized spacial score (nSPS) is 13.3. The molecule has 0 aliphatic carbocycles. The molecule has 1 aliphatic heterocycles. The number of rotatable bonds is 9. The molecule has 3 N–H and O–H groups in total. The molecular weight excluding hydrogens is 488 g/mol. The van der Waals surface area contributed by atoms with Gasteiger partial charge in [0.2, 0.25) is 5.91 Å². The molecule has 1 saturated heterocycles. The van der Waals surface area contributed by atoms with Gasteiger partial charge >= 0.3 is 0 Å². The smallest absolute Gasteiger partial charge is 0.264 e. The first-order valence-corrected chi connectivity index (χ1v) is 13.4.